The van der Waals surface area contributed by atoms with Crippen molar-refractivity contribution in [2.24, 2.45) is 11.8 Å². The van der Waals surface area contributed by atoms with E-state index in [9.17, 15) is 8.78 Å². The number of rotatable bonds is 0. The fraction of sp³-hybridized carbons (Fsp3) is 0.571. The maximum absolute atomic E-state index is 14.0. The summed E-state index contributed by atoms with van der Waals surface area (Å²) in [6, 6.07) is 1.78. The highest BCUT2D eigenvalue weighted by Gasteiger charge is 2.40. The molecule has 1 aromatic carbocycles. The summed E-state index contributed by atoms with van der Waals surface area (Å²) in [5.74, 6) is -0.572. The maximum Gasteiger partial charge on any atom is 0.165 e. The van der Waals surface area contributed by atoms with E-state index in [1.165, 1.54) is 0 Å². The molecule has 17 heavy (non-hydrogen) atoms. The molecule has 3 atom stereocenters. The van der Waals surface area contributed by atoms with E-state index in [4.69, 9.17) is 4.74 Å². The van der Waals surface area contributed by atoms with Gasteiger partial charge < -0.3 is 4.74 Å². The van der Waals surface area contributed by atoms with Gasteiger partial charge in [-0.3, -0.25) is 0 Å². The van der Waals surface area contributed by atoms with Crippen molar-refractivity contribution in [3.05, 3.63) is 34.4 Å². The summed E-state index contributed by atoms with van der Waals surface area (Å²) in [6.07, 6.45) is 1.64. The minimum Gasteiger partial charge on any atom is -0.373 e. The third-order valence-corrected chi connectivity index (χ3v) is 3.97. The fourth-order valence-electron chi connectivity index (χ4n) is 3.22. The molecule has 0 aromatic heterocycles. The fourth-order valence-corrected chi connectivity index (χ4v) is 3.22. The van der Waals surface area contributed by atoms with Crippen molar-refractivity contribution in [3.63, 3.8) is 0 Å². The quantitative estimate of drug-likeness (QED) is 0.671. The molecule has 3 unspecified atom stereocenters. The molecule has 0 bridgehead atoms. The van der Waals surface area contributed by atoms with Crippen molar-refractivity contribution in [1.29, 1.82) is 0 Å². The van der Waals surface area contributed by atoms with Gasteiger partial charge in [0.15, 0.2) is 11.6 Å². The summed E-state index contributed by atoms with van der Waals surface area (Å²) in [7, 11) is 0. The second-order valence-corrected chi connectivity index (χ2v) is 5.45. The number of hydrogen-bond donors (Lipinski definition) is 0. The first kappa shape index (κ1) is 11.1. The van der Waals surface area contributed by atoms with Crippen LogP contribution in [-0.4, -0.2) is 6.61 Å². The van der Waals surface area contributed by atoms with Crippen LogP contribution in [0.2, 0.25) is 0 Å². The summed E-state index contributed by atoms with van der Waals surface area (Å²) in [4.78, 5) is 0. The first-order chi connectivity index (χ1) is 8.08. The summed E-state index contributed by atoms with van der Waals surface area (Å²) in [5, 5.41) is 0. The molecule has 1 heterocycles. The molecule has 1 aliphatic carbocycles. The monoisotopic (exact) mass is 238 g/mol. The van der Waals surface area contributed by atoms with Crippen LogP contribution in [0.3, 0.4) is 0 Å². The molecule has 0 saturated carbocycles. The zero-order valence-electron chi connectivity index (χ0n) is 10.1. The van der Waals surface area contributed by atoms with Crippen molar-refractivity contribution in [1.82, 2.24) is 0 Å². The third kappa shape index (κ3) is 1.60. The predicted molar refractivity (Wildman–Crippen MR) is 60.8 cm³/mol. The molecule has 1 aromatic rings. The molecular weight excluding hydrogens is 222 g/mol. The molecule has 1 saturated heterocycles. The van der Waals surface area contributed by atoms with Crippen LogP contribution < -0.4 is 0 Å². The average Bonchev–Trinajstić information content (AvgIpc) is 2.63. The molecule has 0 spiro atoms. The number of halogens is 2. The third-order valence-electron chi connectivity index (χ3n) is 3.97. The second-order valence-electron chi connectivity index (χ2n) is 5.45. The topological polar surface area (TPSA) is 9.23 Å². The van der Waals surface area contributed by atoms with E-state index in [2.05, 4.69) is 6.92 Å². The zero-order chi connectivity index (χ0) is 12.2. The van der Waals surface area contributed by atoms with Gasteiger partial charge in [-0.1, -0.05) is 13.0 Å². The van der Waals surface area contributed by atoms with Crippen molar-refractivity contribution in [2.45, 2.75) is 32.8 Å². The first-order valence-corrected chi connectivity index (χ1v) is 6.17. The zero-order valence-corrected chi connectivity index (χ0v) is 10.1. The van der Waals surface area contributed by atoms with Crippen molar-refractivity contribution < 1.29 is 13.5 Å². The lowest BCUT2D eigenvalue weighted by molar-refractivity contribution is -0.0466. The molecule has 0 amide bonds. The number of hydrogen-bond acceptors (Lipinski definition) is 1. The van der Waals surface area contributed by atoms with Gasteiger partial charge in [0.1, 0.15) is 0 Å². The second kappa shape index (κ2) is 3.77. The number of aryl methyl sites for hydroxylation is 1. The Balaban J connectivity index is 2.06. The van der Waals surface area contributed by atoms with Gasteiger partial charge in [-0.05, 0) is 42.7 Å². The molecule has 1 nitrogen and oxygen atoms in total. The Morgan fingerprint density at radius 3 is 2.82 bits per heavy atom. The molecule has 2 aliphatic rings. The van der Waals surface area contributed by atoms with Crippen LogP contribution in [0.1, 0.15) is 36.1 Å². The molecule has 3 rings (SSSR count). The van der Waals surface area contributed by atoms with Crippen LogP contribution in [-0.2, 0) is 11.2 Å². The van der Waals surface area contributed by atoms with Crippen LogP contribution in [0, 0.1) is 30.4 Å². The first-order valence-electron chi connectivity index (χ1n) is 6.17. The largest absolute Gasteiger partial charge is 0.373 e. The average molecular weight is 238 g/mol. The Morgan fingerprint density at radius 2 is 2.06 bits per heavy atom. The molecule has 92 valence electrons. The van der Waals surface area contributed by atoms with Gasteiger partial charge >= 0.3 is 0 Å². The van der Waals surface area contributed by atoms with Crippen molar-refractivity contribution >= 4 is 0 Å². The van der Waals surface area contributed by atoms with E-state index in [1.54, 1.807) is 13.0 Å². The summed E-state index contributed by atoms with van der Waals surface area (Å²) in [6.45, 7) is 4.40. The minimum atomic E-state index is -0.716. The van der Waals surface area contributed by atoms with Gasteiger partial charge in [-0.15, -0.1) is 0 Å². The van der Waals surface area contributed by atoms with E-state index >= 15 is 0 Å². The van der Waals surface area contributed by atoms with Crippen molar-refractivity contribution in [3.8, 4) is 0 Å². The van der Waals surface area contributed by atoms with E-state index < -0.39 is 11.6 Å². The van der Waals surface area contributed by atoms with Gasteiger partial charge in [0.05, 0.1) is 6.10 Å². The van der Waals surface area contributed by atoms with Gasteiger partial charge in [0, 0.05) is 12.2 Å². The Bertz CT molecular complexity index is 470. The molecule has 0 N–H and O–H groups in total. The van der Waals surface area contributed by atoms with Crippen LogP contribution in [0.25, 0.3) is 0 Å². The van der Waals surface area contributed by atoms with Gasteiger partial charge in [0.25, 0.3) is 0 Å². The van der Waals surface area contributed by atoms with E-state index in [0.29, 0.717) is 29.6 Å². The predicted octanol–water partition coefficient (Wildman–Crippen LogP) is 3.54. The van der Waals surface area contributed by atoms with Crippen LogP contribution in [0.5, 0.6) is 0 Å². The van der Waals surface area contributed by atoms with Crippen LogP contribution in [0.15, 0.2) is 6.07 Å². The Hall–Kier alpha value is -0.960. The SMILES string of the molecule is Cc1cc2c(c(F)c1F)C1OCC(C)CC1C2. The highest BCUT2D eigenvalue weighted by molar-refractivity contribution is 5.40. The lowest BCUT2D eigenvalue weighted by atomic mass is 9.89. The van der Waals surface area contributed by atoms with Crippen LogP contribution in [0.4, 0.5) is 8.78 Å². The van der Waals surface area contributed by atoms with E-state index in [1.807, 2.05) is 0 Å². The van der Waals surface area contributed by atoms with Crippen molar-refractivity contribution in [2.75, 3.05) is 6.61 Å². The lowest BCUT2D eigenvalue weighted by Crippen LogP contribution is -2.25. The summed E-state index contributed by atoms with van der Waals surface area (Å²) >= 11 is 0. The summed E-state index contributed by atoms with van der Waals surface area (Å²) in [5.41, 5.74) is 1.81. The Labute approximate surface area is 99.8 Å². The van der Waals surface area contributed by atoms with Crippen LogP contribution >= 0.6 is 0 Å². The molecular formula is C14H16F2O. The molecule has 1 aliphatic heterocycles. The number of benzene rings is 1. The Morgan fingerprint density at radius 1 is 1.29 bits per heavy atom. The number of fused-ring (bicyclic) bond motifs is 3. The molecule has 0 radical (unpaired) electrons. The van der Waals surface area contributed by atoms with Gasteiger partial charge in [-0.2, -0.15) is 0 Å². The summed E-state index contributed by atoms with van der Waals surface area (Å²) < 4.78 is 33.3. The standard InChI is InChI=1S/C14H16F2O/c1-7-3-10-5-9-4-8(2)12(15)13(16)11(9)14(10)17-6-7/h4,7,10,14H,3,5-6H2,1-2H3. The molecule has 3 heteroatoms. The van der Waals surface area contributed by atoms with Gasteiger partial charge in [0.2, 0.25) is 0 Å². The maximum atomic E-state index is 14.0. The minimum absolute atomic E-state index is 0.226. The van der Waals surface area contributed by atoms with Gasteiger partial charge in [-0.25, -0.2) is 8.78 Å². The van der Waals surface area contributed by atoms with E-state index in [0.717, 1.165) is 18.4 Å². The highest BCUT2D eigenvalue weighted by Crippen LogP contribution is 2.46. The van der Waals surface area contributed by atoms with E-state index in [-0.39, 0.29) is 6.10 Å². The lowest BCUT2D eigenvalue weighted by Gasteiger charge is -2.30. The highest BCUT2D eigenvalue weighted by atomic mass is 19.2. The normalized spacial score (nSPS) is 31.2. The number of ether oxygens (including phenoxy) is 1. The smallest absolute Gasteiger partial charge is 0.165 e. The molecule has 1 fully saturated rings. The Kier molecular flexibility index (Phi) is 2.47.